The molecule has 21 heavy (non-hydrogen) atoms. The van der Waals surface area contributed by atoms with Crippen molar-refractivity contribution in [1.29, 1.82) is 0 Å². The summed E-state index contributed by atoms with van der Waals surface area (Å²) in [6, 6.07) is 3.42. The van der Waals surface area contributed by atoms with Crippen molar-refractivity contribution >= 4 is 57.8 Å². The maximum atomic E-state index is 12.7. The van der Waals surface area contributed by atoms with Crippen LogP contribution in [0, 0.1) is 6.92 Å². The molecule has 1 aromatic carbocycles. The summed E-state index contributed by atoms with van der Waals surface area (Å²) in [5.74, 6) is 0. The molecule has 0 unspecified atom stereocenters. The summed E-state index contributed by atoms with van der Waals surface area (Å²) in [6.45, 7) is 3.04. The molecule has 2 rings (SSSR count). The maximum Gasteiger partial charge on any atom is 0.242 e. The van der Waals surface area contributed by atoms with E-state index in [1.165, 1.54) is 0 Å². The molecule has 0 amide bonds. The fourth-order valence-electron chi connectivity index (χ4n) is 2.20. The van der Waals surface area contributed by atoms with Crippen LogP contribution in [0.25, 0.3) is 0 Å². The van der Waals surface area contributed by atoms with E-state index in [0.717, 1.165) is 10.0 Å². The molecule has 1 saturated heterocycles. The second-order valence-corrected chi connectivity index (χ2v) is 9.08. The quantitative estimate of drug-likeness (QED) is 0.634. The molecule has 0 radical (unpaired) electrons. The third kappa shape index (κ3) is 4.09. The highest BCUT2D eigenvalue weighted by molar-refractivity contribution is 9.11. The lowest BCUT2D eigenvalue weighted by atomic mass is 9.94. The van der Waals surface area contributed by atoms with Gasteiger partial charge in [-0.05, 0) is 53.4 Å². The summed E-state index contributed by atoms with van der Waals surface area (Å²) in [6.07, 6.45) is 1.31. The first-order valence-corrected chi connectivity index (χ1v) is 10.6. The Kier molecular flexibility index (Phi) is 5.93. The number of sulfonamides is 1. The molecular weight excluding hydrogens is 490 g/mol. The lowest BCUT2D eigenvalue weighted by Crippen LogP contribution is -2.53. The zero-order valence-electron chi connectivity index (χ0n) is 11.5. The number of alkyl halides is 1. The topological polar surface area (TPSA) is 55.4 Å². The highest BCUT2D eigenvalue weighted by atomic mass is 79.9. The molecule has 1 N–H and O–H groups in total. The molecule has 0 bridgehead atoms. The van der Waals surface area contributed by atoms with Crippen molar-refractivity contribution in [1.82, 2.24) is 4.72 Å². The fourth-order valence-corrected chi connectivity index (χ4v) is 6.22. The van der Waals surface area contributed by atoms with Crippen molar-refractivity contribution in [2.45, 2.75) is 30.2 Å². The highest BCUT2D eigenvalue weighted by Gasteiger charge is 2.36. The predicted molar refractivity (Wildman–Crippen MR) is 93.5 cm³/mol. The molecule has 118 valence electrons. The Morgan fingerprint density at radius 1 is 1.24 bits per heavy atom. The number of benzene rings is 1. The lowest BCUT2D eigenvalue weighted by molar-refractivity contribution is 0.0557. The minimum absolute atomic E-state index is 0.242. The molecule has 1 fully saturated rings. The fraction of sp³-hybridized carbons (Fsp3) is 0.538. The van der Waals surface area contributed by atoms with Gasteiger partial charge in [0, 0.05) is 33.0 Å². The number of hydrogen-bond donors (Lipinski definition) is 1. The van der Waals surface area contributed by atoms with Crippen LogP contribution in [0.4, 0.5) is 0 Å². The van der Waals surface area contributed by atoms with Crippen molar-refractivity contribution < 1.29 is 13.2 Å². The second-order valence-electron chi connectivity index (χ2n) is 5.16. The number of halogens is 3. The molecule has 4 nitrogen and oxygen atoms in total. The van der Waals surface area contributed by atoms with Gasteiger partial charge < -0.3 is 4.74 Å². The monoisotopic (exact) mass is 503 g/mol. The average Bonchev–Trinajstić information content (AvgIpc) is 2.43. The summed E-state index contributed by atoms with van der Waals surface area (Å²) in [5.41, 5.74) is 0.482. The van der Waals surface area contributed by atoms with Crippen LogP contribution in [0.2, 0.25) is 0 Å². The van der Waals surface area contributed by atoms with E-state index >= 15 is 0 Å². The third-order valence-corrected chi connectivity index (χ3v) is 8.02. The Balaban J connectivity index is 2.36. The van der Waals surface area contributed by atoms with Crippen molar-refractivity contribution in [3.8, 4) is 0 Å². The third-order valence-electron chi connectivity index (χ3n) is 3.56. The van der Waals surface area contributed by atoms with Gasteiger partial charge in [0.25, 0.3) is 0 Å². The molecule has 0 spiro atoms. The minimum Gasteiger partial charge on any atom is -0.381 e. The first kappa shape index (κ1) is 17.9. The lowest BCUT2D eigenvalue weighted by Gasteiger charge is -2.36. The largest absolute Gasteiger partial charge is 0.381 e. The van der Waals surface area contributed by atoms with Gasteiger partial charge in [-0.1, -0.05) is 31.9 Å². The van der Waals surface area contributed by atoms with Crippen molar-refractivity contribution in [2.24, 2.45) is 0 Å². The smallest absolute Gasteiger partial charge is 0.242 e. The Hall–Kier alpha value is 0.530. The van der Waals surface area contributed by atoms with Gasteiger partial charge in [-0.15, -0.1) is 0 Å². The molecule has 8 heteroatoms. The molecular formula is C13H16Br3NO3S. The van der Waals surface area contributed by atoms with E-state index in [-0.39, 0.29) is 4.90 Å². The Morgan fingerprint density at radius 3 is 2.43 bits per heavy atom. The molecule has 0 saturated carbocycles. The van der Waals surface area contributed by atoms with Crippen molar-refractivity contribution in [2.75, 3.05) is 18.5 Å². The highest BCUT2D eigenvalue weighted by Crippen LogP contribution is 2.31. The van der Waals surface area contributed by atoms with Crippen LogP contribution < -0.4 is 4.72 Å². The van der Waals surface area contributed by atoms with Crippen LogP contribution in [-0.4, -0.2) is 32.5 Å². The van der Waals surface area contributed by atoms with E-state index in [2.05, 4.69) is 52.5 Å². The van der Waals surface area contributed by atoms with Crippen LogP contribution in [0.5, 0.6) is 0 Å². The molecule has 1 aliphatic heterocycles. The van der Waals surface area contributed by atoms with E-state index in [1.807, 2.05) is 6.92 Å². The summed E-state index contributed by atoms with van der Waals surface area (Å²) < 4.78 is 35.0. The number of hydrogen-bond acceptors (Lipinski definition) is 3. The number of nitrogens with one attached hydrogen (secondary N) is 1. The van der Waals surface area contributed by atoms with Crippen LogP contribution in [-0.2, 0) is 14.8 Å². The SMILES string of the molecule is Cc1cc(Br)c(S(=O)(=O)NC2(CBr)CCOCC2)cc1Br. The van der Waals surface area contributed by atoms with Gasteiger partial charge in [-0.25, -0.2) is 13.1 Å². The standard InChI is InChI=1S/C13H16Br3NO3S/c1-9-6-11(16)12(7-10(9)15)21(18,19)17-13(8-14)2-4-20-5-3-13/h6-7,17H,2-5,8H2,1H3. The van der Waals surface area contributed by atoms with Crippen molar-refractivity contribution in [3.63, 3.8) is 0 Å². The number of rotatable bonds is 4. The van der Waals surface area contributed by atoms with E-state index in [4.69, 9.17) is 4.74 Å². The van der Waals surface area contributed by atoms with Gasteiger partial charge in [-0.3, -0.25) is 0 Å². The summed E-state index contributed by atoms with van der Waals surface area (Å²) >= 11 is 10.2. The summed E-state index contributed by atoms with van der Waals surface area (Å²) in [7, 11) is -3.61. The van der Waals surface area contributed by atoms with Gasteiger partial charge in [0.2, 0.25) is 10.0 Å². The summed E-state index contributed by atoms with van der Waals surface area (Å²) in [5, 5.41) is 0.563. The van der Waals surface area contributed by atoms with Crippen LogP contribution >= 0.6 is 47.8 Å². The van der Waals surface area contributed by atoms with Gasteiger partial charge >= 0.3 is 0 Å². The Labute approximate surface area is 150 Å². The first-order valence-electron chi connectivity index (χ1n) is 6.43. The van der Waals surface area contributed by atoms with Crippen LogP contribution in [0.15, 0.2) is 26.0 Å². The molecule has 0 aromatic heterocycles. The Bertz CT molecular complexity index is 628. The average molecular weight is 506 g/mol. The van der Waals surface area contributed by atoms with Gasteiger partial charge in [0.1, 0.15) is 0 Å². The molecule has 0 atom stereocenters. The predicted octanol–water partition coefficient (Wildman–Crippen LogP) is 3.74. The molecule has 1 aromatic rings. The van der Waals surface area contributed by atoms with Crippen molar-refractivity contribution in [3.05, 3.63) is 26.6 Å². The molecule has 1 aliphatic rings. The maximum absolute atomic E-state index is 12.7. The second kappa shape index (κ2) is 6.97. The van der Waals surface area contributed by atoms with Crippen LogP contribution in [0.1, 0.15) is 18.4 Å². The van der Waals surface area contributed by atoms with E-state index in [0.29, 0.717) is 35.9 Å². The van der Waals surface area contributed by atoms with E-state index < -0.39 is 15.6 Å². The molecule has 1 heterocycles. The number of ether oxygens (including phenoxy) is 1. The van der Waals surface area contributed by atoms with Crippen LogP contribution in [0.3, 0.4) is 0 Å². The van der Waals surface area contributed by atoms with Gasteiger partial charge in [-0.2, -0.15) is 0 Å². The van der Waals surface area contributed by atoms with E-state index in [1.54, 1.807) is 12.1 Å². The number of aryl methyl sites for hydroxylation is 1. The summed E-state index contributed by atoms with van der Waals surface area (Å²) in [4.78, 5) is 0.242. The zero-order chi connectivity index (χ0) is 15.7. The minimum atomic E-state index is -3.61. The Morgan fingerprint density at radius 2 is 1.86 bits per heavy atom. The normalized spacial score (nSPS) is 18.7. The van der Waals surface area contributed by atoms with E-state index in [9.17, 15) is 8.42 Å². The first-order chi connectivity index (χ1) is 9.80. The van der Waals surface area contributed by atoms with Gasteiger partial charge in [0.05, 0.1) is 4.90 Å². The van der Waals surface area contributed by atoms with Gasteiger partial charge in [0.15, 0.2) is 0 Å². The zero-order valence-corrected chi connectivity index (χ0v) is 17.0. The molecule has 0 aliphatic carbocycles.